The first kappa shape index (κ1) is 13.8. The molecule has 0 aliphatic heterocycles. The second-order valence-corrected chi connectivity index (χ2v) is 5.29. The Bertz CT molecular complexity index is 782. The van der Waals surface area contributed by atoms with Crippen LogP contribution in [0.25, 0.3) is 22.3 Å². The van der Waals surface area contributed by atoms with Crippen LogP contribution in [0.5, 0.6) is 0 Å². The molecule has 0 saturated heterocycles. The number of rotatable bonds is 3. The molecule has 3 nitrogen and oxygen atoms in total. The lowest BCUT2D eigenvalue weighted by Gasteiger charge is -2.09. The molecule has 2 aromatic carbocycles. The van der Waals surface area contributed by atoms with Crippen LogP contribution in [0.15, 0.2) is 42.5 Å². The maximum absolute atomic E-state index is 6.07. The Labute approximate surface area is 129 Å². The van der Waals surface area contributed by atoms with Gasteiger partial charge in [0.25, 0.3) is 0 Å². The zero-order valence-electron chi connectivity index (χ0n) is 12.0. The minimum absolute atomic E-state index is 0.676. The van der Waals surface area contributed by atoms with E-state index in [-0.39, 0.29) is 0 Å². The third-order valence-electron chi connectivity index (χ3n) is 3.52. The first-order chi connectivity index (χ1) is 10.2. The van der Waals surface area contributed by atoms with Crippen molar-refractivity contribution in [1.82, 2.24) is 9.97 Å². The molecule has 0 aliphatic carbocycles. The van der Waals surface area contributed by atoms with Gasteiger partial charge in [0.1, 0.15) is 5.82 Å². The summed E-state index contributed by atoms with van der Waals surface area (Å²) in [7, 11) is 1.86. The minimum Gasteiger partial charge on any atom is -0.373 e. The van der Waals surface area contributed by atoms with E-state index in [9.17, 15) is 0 Å². The fraction of sp³-hybridized carbons (Fsp3) is 0.176. The summed E-state index contributed by atoms with van der Waals surface area (Å²) < 4.78 is 0. The van der Waals surface area contributed by atoms with Crippen LogP contribution in [0.1, 0.15) is 12.5 Å². The van der Waals surface area contributed by atoms with Gasteiger partial charge in [-0.25, -0.2) is 9.97 Å². The lowest BCUT2D eigenvalue weighted by molar-refractivity contribution is 1.14. The standard InChI is InChI=1S/C17H16ClN3/c1-3-11-4-6-12(7-5-11)16-20-15-10-13(18)8-9-14(15)17(19-2)21-16/h4-10H,3H2,1-2H3,(H,19,20,21). The second kappa shape index (κ2) is 5.70. The largest absolute Gasteiger partial charge is 0.373 e. The number of fused-ring (bicyclic) bond motifs is 1. The van der Waals surface area contributed by atoms with Gasteiger partial charge in [-0.15, -0.1) is 0 Å². The van der Waals surface area contributed by atoms with E-state index in [2.05, 4.69) is 46.5 Å². The van der Waals surface area contributed by atoms with Crippen molar-refractivity contribution in [2.45, 2.75) is 13.3 Å². The predicted octanol–water partition coefficient (Wildman–Crippen LogP) is 4.55. The van der Waals surface area contributed by atoms with Gasteiger partial charge in [0.05, 0.1) is 5.52 Å². The number of hydrogen-bond acceptors (Lipinski definition) is 3. The summed E-state index contributed by atoms with van der Waals surface area (Å²) in [6.07, 6.45) is 1.02. The maximum Gasteiger partial charge on any atom is 0.162 e. The Morgan fingerprint density at radius 2 is 1.81 bits per heavy atom. The van der Waals surface area contributed by atoms with Gasteiger partial charge in [0.2, 0.25) is 0 Å². The highest BCUT2D eigenvalue weighted by Gasteiger charge is 2.09. The fourth-order valence-electron chi connectivity index (χ4n) is 2.31. The van der Waals surface area contributed by atoms with E-state index >= 15 is 0 Å². The molecule has 1 heterocycles. The molecule has 4 heteroatoms. The number of benzene rings is 2. The van der Waals surface area contributed by atoms with E-state index in [1.165, 1.54) is 5.56 Å². The normalized spacial score (nSPS) is 10.8. The third-order valence-corrected chi connectivity index (χ3v) is 3.75. The summed E-state index contributed by atoms with van der Waals surface area (Å²) in [4.78, 5) is 9.24. The van der Waals surface area contributed by atoms with Gasteiger partial charge in [0, 0.05) is 23.0 Å². The lowest BCUT2D eigenvalue weighted by Crippen LogP contribution is -1.98. The quantitative estimate of drug-likeness (QED) is 0.770. The van der Waals surface area contributed by atoms with Crippen molar-refractivity contribution in [2.24, 2.45) is 0 Å². The molecule has 0 saturated carbocycles. The van der Waals surface area contributed by atoms with Gasteiger partial charge in [-0.2, -0.15) is 0 Å². The first-order valence-electron chi connectivity index (χ1n) is 6.95. The molecular weight excluding hydrogens is 282 g/mol. The van der Waals surface area contributed by atoms with Crippen molar-refractivity contribution < 1.29 is 0 Å². The molecule has 3 rings (SSSR count). The van der Waals surface area contributed by atoms with Crippen molar-refractivity contribution in [3.8, 4) is 11.4 Å². The molecule has 1 N–H and O–H groups in total. The topological polar surface area (TPSA) is 37.8 Å². The molecule has 1 aromatic heterocycles. The van der Waals surface area contributed by atoms with Gasteiger partial charge >= 0.3 is 0 Å². The van der Waals surface area contributed by atoms with Crippen molar-refractivity contribution in [2.75, 3.05) is 12.4 Å². The molecule has 0 amide bonds. The Balaban J connectivity index is 2.17. The Kier molecular flexibility index (Phi) is 3.76. The number of halogens is 1. The summed E-state index contributed by atoms with van der Waals surface area (Å²) in [5.41, 5.74) is 3.15. The van der Waals surface area contributed by atoms with E-state index in [4.69, 9.17) is 11.6 Å². The molecule has 3 aromatic rings. The summed E-state index contributed by atoms with van der Waals surface area (Å²) in [5.74, 6) is 1.52. The van der Waals surface area contributed by atoms with Gasteiger partial charge in [-0.3, -0.25) is 0 Å². The van der Waals surface area contributed by atoms with E-state index in [0.717, 1.165) is 28.7 Å². The van der Waals surface area contributed by atoms with Crippen molar-refractivity contribution in [3.05, 3.63) is 53.1 Å². The Morgan fingerprint density at radius 3 is 2.48 bits per heavy atom. The van der Waals surface area contributed by atoms with E-state index in [0.29, 0.717) is 10.8 Å². The molecule has 0 atom stereocenters. The van der Waals surface area contributed by atoms with Crippen LogP contribution >= 0.6 is 11.6 Å². The summed E-state index contributed by atoms with van der Waals surface area (Å²) in [6, 6.07) is 14.0. The number of hydrogen-bond donors (Lipinski definition) is 1. The van der Waals surface area contributed by atoms with Crippen LogP contribution in [0.2, 0.25) is 5.02 Å². The van der Waals surface area contributed by atoms with Crippen LogP contribution in [-0.4, -0.2) is 17.0 Å². The van der Waals surface area contributed by atoms with Crippen LogP contribution in [0, 0.1) is 0 Å². The summed E-state index contributed by atoms with van der Waals surface area (Å²) in [6.45, 7) is 2.14. The van der Waals surface area contributed by atoms with Crippen molar-refractivity contribution in [1.29, 1.82) is 0 Å². The highest BCUT2D eigenvalue weighted by atomic mass is 35.5. The molecule has 0 bridgehead atoms. The average molecular weight is 298 g/mol. The Morgan fingerprint density at radius 1 is 1.05 bits per heavy atom. The zero-order valence-corrected chi connectivity index (χ0v) is 12.8. The van der Waals surface area contributed by atoms with Crippen LogP contribution in [0.3, 0.4) is 0 Å². The maximum atomic E-state index is 6.07. The number of aromatic nitrogens is 2. The number of nitrogens with one attached hydrogen (secondary N) is 1. The number of nitrogens with zero attached hydrogens (tertiary/aromatic N) is 2. The highest BCUT2D eigenvalue weighted by molar-refractivity contribution is 6.31. The minimum atomic E-state index is 0.676. The molecule has 0 spiro atoms. The zero-order chi connectivity index (χ0) is 14.8. The van der Waals surface area contributed by atoms with Crippen LogP contribution < -0.4 is 5.32 Å². The van der Waals surface area contributed by atoms with Gasteiger partial charge in [0.15, 0.2) is 5.82 Å². The molecule has 106 valence electrons. The monoisotopic (exact) mass is 297 g/mol. The third kappa shape index (κ3) is 2.69. The smallest absolute Gasteiger partial charge is 0.162 e. The summed E-state index contributed by atoms with van der Waals surface area (Å²) >= 11 is 6.07. The first-order valence-corrected chi connectivity index (χ1v) is 7.33. The average Bonchev–Trinajstić information content (AvgIpc) is 2.53. The van der Waals surface area contributed by atoms with Gasteiger partial charge in [-0.1, -0.05) is 42.8 Å². The number of aryl methyl sites for hydroxylation is 1. The van der Waals surface area contributed by atoms with Crippen LogP contribution in [0.4, 0.5) is 5.82 Å². The van der Waals surface area contributed by atoms with Gasteiger partial charge < -0.3 is 5.32 Å². The van der Waals surface area contributed by atoms with Crippen molar-refractivity contribution >= 4 is 28.3 Å². The highest BCUT2D eigenvalue weighted by Crippen LogP contribution is 2.27. The van der Waals surface area contributed by atoms with E-state index < -0.39 is 0 Å². The SMILES string of the molecule is CCc1ccc(-c2nc(NC)c3ccc(Cl)cc3n2)cc1. The van der Waals surface area contributed by atoms with Crippen molar-refractivity contribution in [3.63, 3.8) is 0 Å². The predicted molar refractivity (Wildman–Crippen MR) is 88.9 cm³/mol. The Hall–Kier alpha value is -2.13. The lowest BCUT2D eigenvalue weighted by atomic mass is 10.1. The molecular formula is C17H16ClN3. The molecule has 0 radical (unpaired) electrons. The second-order valence-electron chi connectivity index (χ2n) is 4.86. The summed E-state index contributed by atoms with van der Waals surface area (Å²) in [5, 5.41) is 4.77. The molecule has 21 heavy (non-hydrogen) atoms. The molecule has 0 fully saturated rings. The fourth-order valence-corrected chi connectivity index (χ4v) is 2.48. The molecule has 0 unspecified atom stereocenters. The number of anilines is 1. The van der Waals surface area contributed by atoms with E-state index in [1.807, 2.05) is 25.2 Å². The van der Waals surface area contributed by atoms with Gasteiger partial charge in [-0.05, 0) is 30.2 Å². The van der Waals surface area contributed by atoms with E-state index in [1.54, 1.807) is 0 Å². The molecule has 0 aliphatic rings. The van der Waals surface area contributed by atoms with Crippen LogP contribution in [-0.2, 0) is 6.42 Å².